The highest BCUT2D eigenvalue weighted by Gasteiger charge is 2.72. The highest BCUT2D eigenvalue weighted by Crippen LogP contribution is 2.73. The van der Waals surface area contributed by atoms with Crippen LogP contribution in [0.2, 0.25) is 0 Å². The summed E-state index contributed by atoms with van der Waals surface area (Å²) in [6.45, 7) is 5.22. The minimum absolute atomic E-state index is 0.134. The van der Waals surface area contributed by atoms with E-state index in [4.69, 9.17) is 11.5 Å². The molecule has 1 amide bonds. The van der Waals surface area contributed by atoms with Gasteiger partial charge in [-0.1, -0.05) is 26.7 Å². The monoisotopic (exact) mass is 348 g/mol. The fourth-order valence-corrected chi connectivity index (χ4v) is 8.36. The number of amides is 1. The highest BCUT2D eigenvalue weighted by molar-refractivity contribution is 5.85. The Morgan fingerprint density at radius 2 is 1.76 bits per heavy atom. The predicted octanol–water partition coefficient (Wildman–Crippen LogP) is 2.96. The normalized spacial score (nSPS) is 55.1. The molecule has 0 radical (unpaired) electrons. The first-order valence-corrected chi connectivity index (χ1v) is 10.5. The van der Waals surface area contributed by atoms with Crippen LogP contribution in [0.4, 0.5) is 0 Å². The molecule has 0 aromatic carbocycles. The molecule has 4 fully saturated rings. The zero-order valence-corrected chi connectivity index (χ0v) is 16.0. The van der Waals surface area contributed by atoms with Gasteiger partial charge in [0, 0.05) is 5.41 Å². The summed E-state index contributed by atoms with van der Waals surface area (Å²) in [5.74, 6) is 1.54. The van der Waals surface area contributed by atoms with E-state index in [2.05, 4.69) is 13.8 Å². The zero-order chi connectivity index (χ0) is 18.1. The van der Waals surface area contributed by atoms with Gasteiger partial charge in [0.15, 0.2) is 0 Å². The van der Waals surface area contributed by atoms with Crippen LogP contribution in [0, 0.1) is 34.0 Å². The van der Waals surface area contributed by atoms with Crippen molar-refractivity contribution < 1.29 is 9.90 Å². The molecule has 0 bridgehead atoms. The van der Waals surface area contributed by atoms with Gasteiger partial charge >= 0.3 is 0 Å². The number of carbonyl (C=O) groups is 1. The van der Waals surface area contributed by atoms with Crippen LogP contribution in [0.25, 0.3) is 0 Å². The third-order valence-corrected chi connectivity index (χ3v) is 9.99. The Balaban J connectivity index is 1.77. The predicted molar refractivity (Wildman–Crippen MR) is 98.5 cm³/mol. The van der Waals surface area contributed by atoms with Gasteiger partial charge in [0.1, 0.15) is 5.60 Å². The van der Waals surface area contributed by atoms with E-state index < -0.39 is 16.9 Å². The van der Waals surface area contributed by atoms with Crippen molar-refractivity contribution >= 4 is 5.91 Å². The molecule has 0 aromatic rings. The topological polar surface area (TPSA) is 89.3 Å². The van der Waals surface area contributed by atoms with Gasteiger partial charge < -0.3 is 16.6 Å². The zero-order valence-electron chi connectivity index (χ0n) is 16.0. The lowest BCUT2D eigenvalue weighted by molar-refractivity contribution is -0.195. The molecule has 0 aliphatic heterocycles. The quantitative estimate of drug-likeness (QED) is 0.716. The van der Waals surface area contributed by atoms with Crippen LogP contribution >= 0.6 is 0 Å². The molecule has 4 rings (SSSR count). The van der Waals surface area contributed by atoms with Crippen molar-refractivity contribution in [1.82, 2.24) is 0 Å². The van der Waals surface area contributed by atoms with Gasteiger partial charge in [-0.05, 0) is 86.5 Å². The maximum absolute atomic E-state index is 12.2. The number of aliphatic hydroxyl groups is 1. The summed E-state index contributed by atoms with van der Waals surface area (Å²) in [4.78, 5) is 12.2. The van der Waals surface area contributed by atoms with E-state index >= 15 is 0 Å². The van der Waals surface area contributed by atoms with Gasteiger partial charge in [0.25, 0.3) is 0 Å². The summed E-state index contributed by atoms with van der Waals surface area (Å²) in [6.07, 6.45) is 11.3. The molecule has 4 saturated carbocycles. The van der Waals surface area contributed by atoms with Crippen LogP contribution in [0.15, 0.2) is 0 Å². The van der Waals surface area contributed by atoms with Crippen LogP contribution in [0.5, 0.6) is 0 Å². The smallest absolute Gasteiger partial charge is 0.249 e. The molecule has 0 heterocycles. The van der Waals surface area contributed by atoms with Crippen molar-refractivity contribution in [1.29, 1.82) is 0 Å². The van der Waals surface area contributed by atoms with Crippen LogP contribution in [-0.2, 0) is 4.79 Å². The number of hydrogen-bond donors (Lipinski definition) is 3. The number of primary amides is 1. The average Bonchev–Trinajstić information content (AvgIpc) is 2.84. The SMILES string of the molecule is C[C@]12CCCCC1CC[C@@H]1[C@H]2CC[C@]2(C)C(O)(C(N)=O)CC[C@@]12CN. The number of rotatable bonds is 2. The van der Waals surface area contributed by atoms with Crippen molar-refractivity contribution in [3.05, 3.63) is 0 Å². The molecule has 4 aliphatic rings. The minimum Gasteiger partial charge on any atom is -0.379 e. The van der Waals surface area contributed by atoms with Gasteiger partial charge in [-0.2, -0.15) is 0 Å². The number of hydrogen-bond acceptors (Lipinski definition) is 3. The molecule has 4 aliphatic carbocycles. The average molecular weight is 349 g/mol. The van der Waals surface area contributed by atoms with E-state index in [1.807, 2.05) is 0 Å². The molecule has 0 aromatic heterocycles. The van der Waals surface area contributed by atoms with Gasteiger partial charge in [-0.25, -0.2) is 0 Å². The molecule has 4 nitrogen and oxygen atoms in total. The van der Waals surface area contributed by atoms with Crippen LogP contribution in [-0.4, -0.2) is 23.2 Å². The lowest BCUT2D eigenvalue weighted by atomic mass is 9.40. The lowest BCUT2D eigenvalue weighted by Gasteiger charge is -2.65. The van der Waals surface area contributed by atoms with E-state index in [1.165, 1.54) is 38.5 Å². The Morgan fingerprint density at radius 1 is 1.00 bits per heavy atom. The molecule has 25 heavy (non-hydrogen) atoms. The Kier molecular flexibility index (Phi) is 3.88. The number of fused-ring (bicyclic) bond motifs is 5. The molecule has 7 atom stereocenters. The first-order valence-electron chi connectivity index (χ1n) is 10.5. The number of nitrogens with two attached hydrogens (primary N) is 2. The molecular weight excluding hydrogens is 312 g/mol. The van der Waals surface area contributed by atoms with Crippen LogP contribution in [0.1, 0.15) is 78.1 Å². The summed E-state index contributed by atoms with van der Waals surface area (Å²) in [7, 11) is 0. The Morgan fingerprint density at radius 3 is 2.44 bits per heavy atom. The van der Waals surface area contributed by atoms with E-state index in [9.17, 15) is 9.90 Å². The van der Waals surface area contributed by atoms with Crippen molar-refractivity contribution in [2.75, 3.05) is 6.54 Å². The first-order chi connectivity index (χ1) is 11.8. The Labute approximate surface area is 152 Å². The molecular formula is C21H36N2O2. The summed E-state index contributed by atoms with van der Waals surface area (Å²) in [5.41, 5.74) is 10.6. The van der Waals surface area contributed by atoms with Gasteiger partial charge in [0.05, 0.1) is 0 Å². The van der Waals surface area contributed by atoms with Crippen LogP contribution < -0.4 is 11.5 Å². The summed E-state index contributed by atoms with van der Waals surface area (Å²) in [6, 6.07) is 0. The van der Waals surface area contributed by atoms with E-state index in [1.54, 1.807) is 0 Å². The summed E-state index contributed by atoms with van der Waals surface area (Å²) < 4.78 is 0. The highest BCUT2D eigenvalue weighted by atomic mass is 16.3. The van der Waals surface area contributed by atoms with Gasteiger partial charge in [-0.15, -0.1) is 0 Å². The first kappa shape index (κ1) is 17.8. The maximum Gasteiger partial charge on any atom is 0.249 e. The van der Waals surface area contributed by atoms with Crippen molar-refractivity contribution in [2.45, 2.75) is 83.7 Å². The Bertz CT molecular complexity index is 580. The van der Waals surface area contributed by atoms with Crippen LogP contribution in [0.3, 0.4) is 0 Å². The summed E-state index contributed by atoms with van der Waals surface area (Å²) >= 11 is 0. The Hall–Kier alpha value is -0.610. The fraction of sp³-hybridized carbons (Fsp3) is 0.952. The largest absolute Gasteiger partial charge is 0.379 e. The molecule has 5 N–H and O–H groups in total. The molecule has 0 spiro atoms. The third-order valence-electron chi connectivity index (χ3n) is 9.99. The maximum atomic E-state index is 12.2. The fourth-order valence-electron chi connectivity index (χ4n) is 8.36. The van der Waals surface area contributed by atoms with Crippen molar-refractivity contribution in [2.24, 2.45) is 45.5 Å². The molecule has 4 heteroatoms. The molecule has 2 unspecified atom stereocenters. The number of carbonyl (C=O) groups excluding carboxylic acids is 1. The molecule has 0 saturated heterocycles. The third kappa shape index (κ3) is 1.93. The van der Waals surface area contributed by atoms with Gasteiger partial charge in [-0.3, -0.25) is 4.79 Å². The van der Waals surface area contributed by atoms with Crippen molar-refractivity contribution in [3.63, 3.8) is 0 Å². The second-order valence-electron chi connectivity index (χ2n) is 10.2. The lowest BCUT2D eigenvalue weighted by Crippen LogP contribution is -2.65. The summed E-state index contributed by atoms with van der Waals surface area (Å²) in [5, 5.41) is 11.3. The standard InChI is InChI=1S/C21H36N2O2/c1-18-9-4-3-5-14(18)6-7-16-15(18)8-10-19(2)20(16,13-22)11-12-21(19,25)17(23)24/h14-16,25H,3-13,22H2,1-2H3,(H2,23,24)/t14?,15-,16-,18+,19+,20-,21?/m1/s1. The van der Waals surface area contributed by atoms with E-state index in [0.29, 0.717) is 30.2 Å². The van der Waals surface area contributed by atoms with E-state index in [-0.39, 0.29) is 5.41 Å². The molecule has 142 valence electrons. The van der Waals surface area contributed by atoms with E-state index in [0.717, 1.165) is 25.2 Å². The second-order valence-corrected chi connectivity index (χ2v) is 10.2. The second kappa shape index (κ2) is 5.45. The van der Waals surface area contributed by atoms with Crippen molar-refractivity contribution in [3.8, 4) is 0 Å². The minimum atomic E-state index is -1.39. The van der Waals surface area contributed by atoms with Gasteiger partial charge in [0.2, 0.25) is 5.91 Å².